The third-order valence-corrected chi connectivity index (χ3v) is 27.9. The molecule has 4 aliphatic heterocycles. The van der Waals surface area contributed by atoms with E-state index < -0.39 is 189 Å². The highest BCUT2D eigenvalue weighted by atomic mass is 16.7. The molecule has 6 aliphatic carbocycles. The van der Waals surface area contributed by atoms with Gasteiger partial charge in [-0.25, -0.2) is 19.2 Å². The van der Waals surface area contributed by atoms with Crippen LogP contribution in [-0.2, 0) is 85.5 Å². The first-order valence-corrected chi connectivity index (χ1v) is 42.9. The lowest BCUT2D eigenvalue weighted by molar-refractivity contribution is -0.391. The number of fused-ring (bicyclic) bond motifs is 6. The molecule has 0 amide bonds. The number of benzene rings is 2. The van der Waals surface area contributed by atoms with Gasteiger partial charge in [0.05, 0.1) is 102 Å². The number of aliphatic hydroxyl groups is 3. The van der Waals surface area contributed by atoms with Crippen molar-refractivity contribution in [1.82, 2.24) is 0 Å². The Bertz CT molecular complexity index is 3930. The molecule has 23 heteroatoms. The second-order valence-corrected chi connectivity index (χ2v) is 37.5. The third kappa shape index (κ3) is 19.4. The fraction of sp³-hybridized carbons (Fsp3) is 0.717. The molecule has 122 heavy (non-hydrogen) atoms. The second kappa shape index (κ2) is 41.9. The molecule has 27 atom stereocenters. The molecule has 10 aliphatic rings. The molecule has 690 valence electrons. The lowest BCUT2D eigenvalue weighted by atomic mass is 9.49. The number of carbonyl (C=O) groups excluding carboxylic acids is 6. The fourth-order valence-electron chi connectivity index (χ4n) is 22.8. The minimum atomic E-state index is -1.61. The third-order valence-electron chi connectivity index (χ3n) is 27.9. The van der Waals surface area contributed by atoms with Gasteiger partial charge in [0.15, 0.2) is 36.0 Å². The van der Waals surface area contributed by atoms with Crippen molar-refractivity contribution in [2.24, 2.45) is 69.0 Å². The van der Waals surface area contributed by atoms with Gasteiger partial charge < -0.3 is 81.6 Å². The number of esters is 6. The topological polar surface area (TPSA) is 292 Å². The summed E-state index contributed by atoms with van der Waals surface area (Å²) in [6, 6.07) is 17.3. The van der Waals surface area contributed by atoms with E-state index in [1.54, 1.807) is 94.4 Å². The van der Waals surface area contributed by atoms with E-state index in [2.05, 4.69) is 61.3 Å². The minimum absolute atomic E-state index is 0. The van der Waals surface area contributed by atoms with Crippen LogP contribution in [-0.4, -0.2) is 185 Å². The van der Waals surface area contributed by atoms with Crippen LogP contribution in [0.3, 0.4) is 0 Å². The Morgan fingerprint density at radius 2 is 0.943 bits per heavy atom. The minimum Gasteiger partial charge on any atom is -0.502 e. The van der Waals surface area contributed by atoms with Gasteiger partial charge in [0.2, 0.25) is 0 Å². The van der Waals surface area contributed by atoms with Crippen molar-refractivity contribution in [1.29, 1.82) is 0 Å². The molecule has 0 spiro atoms. The Morgan fingerprint density at radius 3 is 1.28 bits per heavy atom. The predicted octanol–water partition coefficient (Wildman–Crippen LogP) is 18.4. The molecule has 4 saturated carbocycles. The maximum Gasteiger partial charge on any atom is 0.338 e. The van der Waals surface area contributed by atoms with Gasteiger partial charge in [-0.15, -0.1) is 0 Å². The number of hydrogen-bond acceptors (Lipinski definition) is 23. The highest BCUT2D eigenvalue weighted by Crippen LogP contribution is 2.73. The Labute approximate surface area is 731 Å². The highest BCUT2D eigenvalue weighted by Gasteiger charge is 2.82. The van der Waals surface area contributed by atoms with Crippen molar-refractivity contribution < 1.29 is 110 Å². The van der Waals surface area contributed by atoms with Crippen molar-refractivity contribution in [2.75, 3.05) is 19.8 Å². The van der Waals surface area contributed by atoms with Gasteiger partial charge >= 0.3 is 35.8 Å². The van der Waals surface area contributed by atoms with E-state index in [1.165, 1.54) is 26.5 Å². The largest absolute Gasteiger partial charge is 0.502 e. The number of unbranched alkanes of at least 4 members (excludes halogenated alkanes) is 2. The molecular weight excluding hydrogens is 1560 g/mol. The van der Waals surface area contributed by atoms with E-state index in [1.807, 2.05) is 68.4 Å². The number of ether oxygens (including phenoxy) is 14. The molecule has 3 N–H and O–H groups in total. The Morgan fingerprint density at radius 1 is 0.557 bits per heavy atom. The first-order chi connectivity index (χ1) is 55.0. The highest BCUT2D eigenvalue weighted by molar-refractivity contribution is 5.90. The van der Waals surface area contributed by atoms with Gasteiger partial charge in [0.1, 0.15) is 36.6 Å². The first-order valence-electron chi connectivity index (χ1n) is 42.9. The molecule has 12 rings (SSSR count). The average molecular weight is 1710 g/mol. The van der Waals surface area contributed by atoms with Gasteiger partial charge in [-0.2, -0.15) is 0 Å². The van der Waals surface area contributed by atoms with Crippen molar-refractivity contribution in [3.63, 3.8) is 0 Å². The Balaban J connectivity index is 0.000000389. The van der Waals surface area contributed by atoms with Crippen molar-refractivity contribution in [3.8, 4) is 0 Å². The van der Waals surface area contributed by atoms with E-state index in [0.29, 0.717) is 41.9 Å². The van der Waals surface area contributed by atoms with Crippen LogP contribution in [0.1, 0.15) is 274 Å². The summed E-state index contributed by atoms with van der Waals surface area (Å²) >= 11 is 0. The fourth-order valence-corrected chi connectivity index (χ4v) is 22.8. The van der Waals surface area contributed by atoms with Gasteiger partial charge in [-0.1, -0.05) is 196 Å². The lowest BCUT2D eigenvalue weighted by Crippen LogP contribution is -2.80. The molecule has 2 aromatic rings. The first kappa shape index (κ1) is 106. The van der Waals surface area contributed by atoms with Gasteiger partial charge in [0.25, 0.3) is 0 Å². The Hall–Kier alpha value is -6.64. The molecule has 0 radical (unpaired) electrons. The van der Waals surface area contributed by atoms with Crippen LogP contribution < -0.4 is 0 Å². The zero-order valence-electron chi connectivity index (χ0n) is 73.3. The summed E-state index contributed by atoms with van der Waals surface area (Å²) < 4.78 is 89.9. The smallest absolute Gasteiger partial charge is 0.338 e. The van der Waals surface area contributed by atoms with Gasteiger partial charge in [0, 0.05) is 62.2 Å². The summed E-state index contributed by atoms with van der Waals surface area (Å²) in [5, 5.41) is 36.7. The van der Waals surface area contributed by atoms with Crippen molar-refractivity contribution in [3.05, 3.63) is 132 Å². The van der Waals surface area contributed by atoms with E-state index in [0.717, 1.165) is 55.4 Å². The van der Waals surface area contributed by atoms with E-state index in [4.69, 9.17) is 66.3 Å². The standard InChI is InChI=1S/C47H68O11.C41H56O11.C6H12O.5CH4/c1-13-15-19-28(6)53-38(27(5)22-26(3)4)43(50)54-33-24-46(44(10,11)51)37(29(33)7)30(8)40-45(12)34(55-36(14-2)56-40)23-35-47(25-52-35,58-31(9)48)39(45)41(46)57-42(49)32-20-17-16-18-21-32;1-11-30-49-28-18-29-41(20-47-29,52-25(7)42)33-35(51-36(44)26-15-13-12-14-16-26)40(38(8,9)46)19-27(48-37(45)32(43)22(4)17-21(2)3)23(5)31(40)24(6)34(50-30)39(28,33)10;1-3-5-6-7-4-2;;;;;/h14,16-18,20-21,26-28,30,33-36,38-41,51H,2,13,15,19,22-25H2,1,3-12H3;11-16,21-22,24,27-30,32-35,43,46H,1,17-20H2,2-10H3;4H,2-3,5-6H2,1H3;5*1H4/t27-,28?,30-,33-,34-,35+,36-,38+,39-,40-,41-,45+,46-,47-;22-,24-,27-,28-,29+,30-,32+,33-,34-,35-,39+,40-,41-;;;;;;/m00....../s1. The van der Waals surface area contributed by atoms with Crippen LogP contribution in [0.25, 0.3) is 0 Å². The number of aliphatic hydroxyl groups excluding tert-OH is 1. The Kier molecular flexibility index (Phi) is 36.3. The second-order valence-electron chi connectivity index (χ2n) is 37.5. The number of hydrogen-bond donors (Lipinski definition) is 3. The van der Waals surface area contributed by atoms with Crippen LogP contribution >= 0.6 is 0 Å². The summed E-state index contributed by atoms with van der Waals surface area (Å²) in [4.78, 5) is 83.4. The molecule has 0 aromatic heterocycles. The molecule has 4 heterocycles. The summed E-state index contributed by atoms with van der Waals surface area (Å²) in [6.07, 6.45) is 0.860. The van der Waals surface area contributed by atoms with E-state index >= 15 is 0 Å². The molecule has 0 bridgehead atoms. The van der Waals surface area contributed by atoms with Crippen LogP contribution in [0.2, 0.25) is 0 Å². The maximum absolute atomic E-state index is 14.6. The monoisotopic (exact) mass is 1710 g/mol. The van der Waals surface area contributed by atoms with Crippen LogP contribution in [0.5, 0.6) is 0 Å². The average Bonchev–Trinajstić information content (AvgIpc) is 1.44. The summed E-state index contributed by atoms with van der Waals surface area (Å²) in [6.45, 7) is 52.2. The van der Waals surface area contributed by atoms with Gasteiger partial charge in [-0.05, 0) is 157 Å². The van der Waals surface area contributed by atoms with E-state index in [-0.39, 0.29) is 87.0 Å². The molecule has 4 saturated heterocycles. The number of carbonyl (C=O) groups is 6. The summed E-state index contributed by atoms with van der Waals surface area (Å²) in [5.74, 6) is -5.86. The number of rotatable bonds is 29. The molecule has 8 fully saturated rings. The molecule has 1 unspecified atom stereocenters. The summed E-state index contributed by atoms with van der Waals surface area (Å²) in [5.41, 5.74) is -6.87. The SMILES string of the molecule is C.C.C.C.C.C=COCCCC.C=C[C@H]1O[C@H]2C[C@H]3OC[C@@]3(OC(C)=O)[C@H]3[C@H](OC(=O)c4ccccc4)[C@]4(C(C)(C)O)C[C@H](OC(=O)[C@H](O)[C@@H](C)CC(C)C)C(C)=C4[C@H](C)[C@H](O1)[C@]23C.C=C[C@H]1O[C@H]2C[C@H]3OC[C@@]3(OC(C)=O)[C@H]3[C@H](OC(=O)c4ccccc4)[C@]4(C(C)(C)O)C[C@H](OC(=O)[C@H](OC(C)CCCC)[C@@H](C)CC(C)C)C(C)=C4[C@H](C)[C@H](O1)[C@]23C. The van der Waals surface area contributed by atoms with Crippen LogP contribution in [0.15, 0.2) is 121 Å². The molecule has 23 nitrogen and oxygen atoms in total. The normalized spacial score (nSPS) is 34.7. The lowest BCUT2D eigenvalue weighted by Gasteiger charge is -2.67. The van der Waals surface area contributed by atoms with Crippen molar-refractivity contribution in [2.45, 2.75) is 367 Å². The van der Waals surface area contributed by atoms with Crippen LogP contribution in [0.4, 0.5) is 0 Å². The quantitative estimate of drug-likeness (QED) is 0.0224. The zero-order valence-corrected chi connectivity index (χ0v) is 73.3. The molecule has 2 aromatic carbocycles. The van der Waals surface area contributed by atoms with E-state index in [9.17, 15) is 44.1 Å². The predicted molar refractivity (Wildman–Crippen MR) is 472 cm³/mol. The van der Waals surface area contributed by atoms with Crippen molar-refractivity contribution >= 4 is 35.8 Å². The van der Waals surface area contributed by atoms with Gasteiger partial charge in [-0.3, -0.25) is 9.59 Å². The molecular formula is C99H156O23. The maximum atomic E-state index is 14.6. The zero-order chi connectivity index (χ0) is 86.2. The van der Waals surface area contributed by atoms with Crippen LogP contribution in [0, 0.1) is 69.0 Å². The summed E-state index contributed by atoms with van der Waals surface area (Å²) in [7, 11) is 0.